The van der Waals surface area contributed by atoms with Gasteiger partial charge >= 0.3 is 0 Å². The zero-order valence-corrected chi connectivity index (χ0v) is 18.3. The molecule has 3 aromatic heterocycles. The van der Waals surface area contributed by atoms with Crippen molar-refractivity contribution in [3.05, 3.63) is 120 Å². The highest BCUT2D eigenvalue weighted by Crippen LogP contribution is 2.36. The van der Waals surface area contributed by atoms with Gasteiger partial charge in [-0.15, -0.1) is 0 Å². The fourth-order valence-electron chi connectivity index (χ4n) is 4.41. The lowest BCUT2D eigenvalue weighted by atomic mass is 9.99. The summed E-state index contributed by atoms with van der Waals surface area (Å²) >= 11 is 0. The van der Waals surface area contributed by atoms with Crippen LogP contribution in [0.3, 0.4) is 0 Å². The summed E-state index contributed by atoms with van der Waals surface area (Å²) in [7, 11) is 0. The molecule has 0 saturated carbocycles. The average molecular weight is 427 g/mol. The number of aromatic nitrogens is 2. The van der Waals surface area contributed by atoms with Gasteiger partial charge in [0.1, 0.15) is 11.1 Å². The molecule has 0 radical (unpaired) electrons. The fraction of sp³-hybridized carbons (Fsp3) is 0.0667. The van der Waals surface area contributed by atoms with Crippen LogP contribution in [0, 0.1) is 6.92 Å². The van der Waals surface area contributed by atoms with Crippen LogP contribution in [0.4, 0.5) is 0 Å². The quantitative estimate of drug-likeness (QED) is 0.291. The summed E-state index contributed by atoms with van der Waals surface area (Å²) in [5.41, 5.74) is 10.2. The topological polar surface area (TPSA) is 38.9 Å². The second-order valence-corrected chi connectivity index (χ2v) is 8.35. The van der Waals surface area contributed by atoms with Crippen molar-refractivity contribution in [3.8, 4) is 22.4 Å². The van der Waals surface area contributed by atoms with Gasteiger partial charge in [0.2, 0.25) is 0 Å². The summed E-state index contributed by atoms with van der Waals surface area (Å²) in [6.45, 7) is 2.10. The number of rotatable bonds is 4. The van der Waals surface area contributed by atoms with Crippen LogP contribution in [0.25, 0.3) is 44.5 Å². The minimum absolute atomic E-state index is 0.795. The van der Waals surface area contributed by atoms with Crippen molar-refractivity contribution >= 4 is 22.1 Å². The standard InChI is InChI=1S/C30H22N2O/c1-20-19-31-27(18-26(20)22-11-6-3-7-12-22)24-13-8-14-25-29-28(33-30(24)25)16-15-23(32-29)17-21-9-4-2-5-10-21/h2-16,18-19H,17H2,1H3. The number of hydrogen-bond donors (Lipinski definition) is 0. The van der Waals surface area contributed by atoms with Crippen LogP contribution in [0.1, 0.15) is 16.8 Å². The summed E-state index contributed by atoms with van der Waals surface area (Å²) in [6, 6.07) is 33.3. The van der Waals surface area contributed by atoms with Gasteiger partial charge in [0.05, 0.1) is 5.69 Å². The Hall–Kier alpha value is -4.24. The van der Waals surface area contributed by atoms with Gasteiger partial charge < -0.3 is 4.42 Å². The molecule has 6 aromatic rings. The Labute approximate surface area is 192 Å². The van der Waals surface area contributed by atoms with Crippen LogP contribution in [-0.2, 0) is 6.42 Å². The molecule has 0 unspecified atom stereocenters. The van der Waals surface area contributed by atoms with E-state index in [9.17, 15) is 0 Å². The van der Waals surface area contributed by atoms with E-state index in [1.165, 1.54) is 16.7 Å². The molecule has 33 heavy (non-hydrogen) atoms. The lowest BCUT2D eigenvalue weighted by molar-refractivity contribution is 0.668. The summed E-state index contributed by atoms with van der Waals surface area (Å²) < 4.78 is 6.32. The minimum atomic E-state index is 0.795. The predicted molar refractivity (Wildman–Crippen MR) is 134 cm³/mol. The Balaban J connectivity index is 1.47. The molecule has 0 aliphatic heterocycles. The maximum Gasteiger partial charge on any atom is 0.153 e. The van der Waals surface area contributed by atoms with E-state index in [0.29, 0.717) is 0 Å². The number of pyridine rings is 2. The molecule has 0 aliphatic carbocycles. The van der Waals surface area contributed by atoms with Crippen LogP contribution < -0.4 is 0 Å². The monoisotopic (exact) mass is 426 g/mol. The molecule has 3 nitrogen and oxygen atoms in total. The third-order valence-corrected chi connectivity index (χ3v) is 6.09. The van der Waals surface area contributed by atoms with E-state index in [2.05, 4.69) is 85.8 Å². The summed E-state index contributed by atoms with van der Waals surface area (Å²) in [5, 5.41) is 1.01. The number of fused-ring (bicyclic) bond motifs is 3. The van der Waals surface area contributed by atoms with E-state index in [1.807, 2.05) is 24.4 Å². The first-order valence-corrected chi connectivity index (χ1v) is 11.1. The number of aryl methyl sites for hydroxylation is 1. The molecule has 0 atom stereocenters. The molecule has 0 N–H and O–H groups in total. The molecule has 158 valence electrons. The number of hydrogen-bond acceptors (Lipinski definition) is 3. The van der Waals surface area contributed by atoms with Crippen molar-refractivity contribution in [2.45, 2.75) is 13.3 Å². The molecular formula is C30H22N2O. The first-order chi connectivity index (χ1) is 16.3. The van der Waals surface area contributed by atoms with Gasteiger partial charge in [0.15, 0.2) is 5.58 Å². The van der Waals surface area contributed by atoms with E-state index in [1.54, 1.807) is 0 Å². The van der Waals surface area contributed by atoms with Crippen molar-refractivity contribution in [3.63, 3.8) is 0 Å². The molecule has 0 fully saturated rings. The molecule has 3 aromatic carbocycles. The Morgan fingerprint density at radius 3 is 2.36 bits per heavy atom. The van der Waals surface area contributed by atoms with Gasteiger partial charge in [0.25, 0.3) is 0 Å². The highest BCUT2D eigenvalue weighted by atomic mass is 16.3. The predicted octanol–water partition coefficient (Wildman–Crippen LogP) is 7.61. The molecule has 0 aliphatic rings. The minimum Gasteiger partial charge on any atom is -0.454 e. The second kappa shape index (κ2) is 8.03. The molecule has 0 amide bonds. The van der Waals surface area contributed by atoms with Crippen LogP contribution in [0.15, 0.2) is 108 Å². The molecule has 3 heteroatoms. The van der Waals surface area contributed by atoms with Crippen molar-refractivity contribution in [1.29, 1.82) is 0 Å². The third kappa shape index (κ3) is 3.58. The first-order valence-electron chi connectivity index (χ1n) is 11.1. The van der Waals surface area contributed by atoms with E-state index < -0.39 is 0 Å². The molecule has 0 spiro atoms. The van der Waals surface area contributed by atoms with Crippen LogP contribution in [0.5, 0.6) is 0 Å². The Morgan fingerprint density at radius 2 is 1.55 bits per heavy atom. The van der Waals surface area contributed by atoms with E-state index >= 15 is 0 Å². The normalized spacial score (nSPS) is 11.3. The number of nitrogens with zero attached hydrogens (tertiary/aromatic N) is 2. The van der Waals surface area contributed by atoms with Crippen molar-refractivity contribution in [2.75, 3.05) is 0 Å². The van der Waals surface area contributed by atoms with Crippen LogP contribution in [-0.4, -0.2) is 9.97 Å². The number of benzene rings is 3. The molecule has 0 saturated heterocycles. The summed E-state index contributed by atoms with van der Waals surface area (Å²) in [4.78, 5) is 9.71. The Bertz CT molecular complexity index is 1580. The highest BCUT2D eigenvalue weighted by Gasteiger charge is 2.16. The SMILES string of the molecule is Cc1cnc(-c2cccc3c2oc2ccc(Cc4ccccc4)nc23)cc1-c1ccccc1. The van der Waals surface area contributed by atoms with Gasteiger partial charge in [-0.2, -0.15) is 0 Å². The first kappa shape index (κ1) is 19.4. The molecule has 6 rings (SSSR count). The lowest BCUT2D eigenvalue weighted by Crippen LogP contribution is -1.91. The smallest absolute Gasteiger partial charge is 0.153 e. The Kier molecular flexibility index (Phi) is 4.73. The van der Waals surface area contributed by atoms with Crippen molar-refractivity contribution in [2.24, 2.45) is 0 Å². The zero-order chi connectivity index (χ0) is 22.2. The number of furan rings is 1. The van der Waals surface area contributed by atoms with Gasteiger partial charge in [-0.1, -0.05) is 66.7 Å². The number of para-hydroxylation sites is 1. The largest absolute Gasteiger partial charge is 0.454 e. The fourth-order valence-corrected chi connectivity index (χ4v) is 4.41. The van der Waals surface area contributed by atoms with Crippen LogP contribution in [0.2, 0.25) is 0 Å². The second-order valence-electron chi connectivity index (χ2n) is 8.35. The molecule has 0 bridgehead atoms. The van der Waals surface area contributed by atoms with E-state index in [0.717, 1.165) is 51.0 Å². The van der Waals surface area contributed by atoms with E-state index in [-0.39, 0.29) is 0 Å². The van der Waals surface area contributed by atoms with E-state index in [4.69, 9.17) is 14.4 Å². The maximum atomic E-state index is 6.32. The summed E-state index contributed by atoms with van der Waals surface area (Å²) in [6.07, 6.45) is 2.73. The lowest BCUT2D eigenvalue weighted by Gasteiger charge is -2.09. The van der Waals surface area contributed by atoms with Crippen LogP contribution >= 0.6 is 0 Å². The average Bonchev–Trinajstić information content (AvgIpc) is 3.24. The maximum absolute atomic E-state index is 6.32. The zero-order valence-electron chi connectivity index (χ0n) is 18.3. The molecule has 3 heterocycles. The highest BCUT2D eigenvalue weighted by molar-refractivity contribution is 6.07. The van der Waals surface area contributed by atoms with Crippen molar-refractivity contribution < 1.29 is 4.42 Å². The summed E-state index contributed by atoms with van der Waals surface area (Å²) in [5.74, 6) is 0. The van der Waals surface area contributed by atoms with Crippen molar-refractivity contribution in [1.82, 2.24) is 9.97 Å². The van der Waals surface area contributed by atoms with Gasteiger partial charge in [-0.05, 0) is 59.5 Å². The molecular weight excluding hydrogens is 404 g/mol. The third-order valence-electron chi connectivity index (χ3n) is 6.09. The van der Waals surface area contributed by atoms with Gasteiger partial charge in [0, 0.05) is 29.3 Å². The van der Waals surface area contributed by atoms with Gasteiger partial charge in [-0.25, -0.2) is 4.98 Å². The Morgan fingerprint density at radius 1 is 0.758 bits per heavy atom. The van der Waals surface area contributed by atoms with Gasteiger partial charge in [-0.3, -0.25) is 4.98 Å².